The molecule has 2 fully saturated rings. The van der Waals surface area contributed by atoms with Crippen LogP contribution in [0.25, 0.3) is 0 Å². The molecule has 0 unspecified atom stereocenters. The number of thiophene rings is 1. The van der Waals surface area contributed by atoms with Gasteiger partial charge in [-0.2, -0.15) is 4.31 Å². The minimum absolute atomic E-state index is 0.0203. The minimum Gasteiger partial charge on any atom is -0.336 e. The molecule has 2 aliphatic heterocycles. The van der Waals surface area contributed by atoms with E-state index in [-0.39, 0.29) is 10.8 Å². The van der Waals surface area contributed by atoms with E-state index in [4.69, 9.17) is 0 Å². The number of amides is 1. The third-order valence-corrected chi connectivity index (χ3v) is 8.57. The van der Waals surface area contributed by atoms with Gasteiger partial charge in [0.15, 0.2) is 0 Å². The zero-order chi connectivity index (χ0) is 20.3. The summed E-state index contributed by atoms with van der Waals surface area (Å²) in [7, 11) is -3.44. The normalized spacial score (nSPS) is 19.0. The second-order valence-electron chi connectivity index (χ2n) is 7.60. The van der Waals surface area contributed by atoms with Crippen LogP contribution in [-0.2, 0) is 16.4 Å². The molecular formula is C21H27N3O3S2. The maximum Gasteiger partial charge on any atom is 0.253 e. The van der Waals surface area contributed by atoms with E-state index in [9.17, 15) is 13.2 Å². The Balaban J connectivity index is 1.32. The standard InChI is InChI=1S/C21H27N3O3S2/c25-21(23-15-13-22(14-16-23)12-9-19-4-3-17-28-19)18-5-7-20(8-6-18)29(26,27)24-10-1-2-11-24/h3-8,17H,1-2,9-16H2. The van der Waals surface area contributed by atoms with Crippen molar-refractivity contribution in [1.29, 1.82) is 0 Å². The van der Waals surface area contributed by atoms with Crippen molar-refractivity contribution >= 4 is 27.3 Å². The van der Waals surface area contributed by atoms with Crippen molar-refractivity contribution in [2.24, 2.45) is 0 Å². The van der Waals surface area contributed by atoms with Crippen LogP contribution < -0.4 is 0 Å². The van der Waals surface area contributed by atoms with Gasteiger partial charge in [0.2, 0.25) is 10.0 Å². The van der Waals surface area contributed by atoms with Crippen LogP contribution in [0.2, 0.25) is 0 Å². The Labute approximate surface area is 176 Å². The lowest BCUT2D eigenvalue weighted by Gasteiger charge is -2.34. The van der Waals surface area contributed by atoms with Crippen LogP contribution >= 0.6 is 11.3 Å². The highest BCUT2D eigenvalue weighted by atomic mass is 32.2. The summed E-state index contributed by atoms with van der Waals surface area (Å²) >= 11 is 1.79. The van der Waals surface area contributed by atoms with E-state index in [2.05, 4.69) is 22.4 Å². The molecule has 0 atom stereocenters. The van der Waals surface area contributed by atoms with E-state index in [1.807, 2.05) is 4.90 Å². The molecule has 2 aromatic rings. The Morgan fingerprint density at radius 1 is 0.931 bits per heavy atom. The number of nitrogens with zero attached hydrogens (tertiary/aromatic N) is 3. The van der Waals surface area contributed by atoms with Crippen molar-refractivity contribution in [3.05, 3.63) is 52.2 Å². The lowest BCUT2D eigenvalue weighted by atomic mass is 10.2. The van der Waals surface area contributed by atoms with Gasteiger partial charge in [-0.05, 0) is 55.0 Å². The molecule has 1 amide bonds. The van der Waals surface area contributed by atoms with Gasteiger partial charge >= 0.3 is 0 Å². The Morgan fingerprint density at radius 2 is 1.62 bits per heavy atom. The number of sulfonamides is 1. The Kier molecular flexibility index (Phi) is 6.34. The first kappa shape index (κ1) is 20.5. The molecule has 4 rings (SSSR count). The molecule has 0 spiro atoms. The smallest absolute Gasteiger partial charge is 0.253 e. The quantitative estimate of drug-likeness (QED) is 0.702. The number of carbonyl (C=O) groups is 1. The highest BCUT2D eigenvalue weighted by Gasteiger charge is 2.28. The Bertz CT molecular complexity index is 913. The lowest BCUT2D eigenvalue weighted by Crippen LogP contribution is -2.49. The molecule has 0 radical (unpaired) electrons. The fourth-order valence-corrected chi connectivity index (χ4v) is 6.14. The first-order valence-corrected chi connectivity index (χ1v) is 12.5. The summed E-state index contributed by atoms with van der Waals surface area (Å²) in [5, 5.41) is 2.10. The molecule has 1 aromatic heterocycles. The van der Waals surface area contributed by atoms with Crippen LogP contribution in [0.4, 0.5) is 0 Å². The molecule has 2 saturated heterocycles. The van der Waals surface area contributed by atoms with Crippen molar-refractivity contribution in [1.82, 2.24) is 14.1 Å². The summed E-state index contributed by atoms with van der Waals surface area (Å²) in [6.07, 6.45) is 2.88. The molecule has 156 valence electrons. The van der Waals surface area contributed by atoms with Gasteiger partial charge in [0.05, 0.1) is 4.90 Å². The molecule has 29 heavy (non-hydrogen) atoms. The second kappa shape index (κ2) is 8.95. The van der Waals surface area contributed by atoms with Gasteiger partial charge in [-0.25, -0.2) is 8.42 Å². The molecule has 0 aliphatic carbocycles. The van der Waals surface area contributed by atoms with E-state index in [1.54, 1.807) is 35.6 Å². The van der Waals surface area contributed by atoms with Gasteiger partial charge in [0.25, 0.3) is 5.91 Å². The third-order valence-electron chi connectivity index (χ3n) is 5.72. The Hall–Kier alpha value is -1.74. The van der Waals surface area contributed by atoms with Gasteiger partial charge in [0, 0.05) is 56.3 Å². The van der Waals surface area contributed by atoms with Crippen LogP contribution in [0.1, 0.15) is 28.1 Å². The SMILES string of the molecule is O=C(c1ccc(S(=O)(=O)N2CCCC2)cc1)N1CCN(CCc2cccs2)CC1. The maximum atomic E-state index is 12.8. The van der Waals surface area contributed by atoms with Gasteiger partial charge in [-0.15, -0.1) is 11.3 Å². The van der Waals surface area contributed by atoms with E-state index >= 15 is 0 Å². The van der Waals surface area contributed by atoms with Crippen molar-refractivity contribution < 1.29 is 13.2 Å². The fraction of sp³-hybridized carbons (Fsp3) is 0.476. The van der Waals surface area contributed by atoms with E-state index in [0.717, 1.165) is 38.9 Å². The molecule has 8 heteroatoms. The molecule has 2 aliphatic rings. The van der Waals surface area contributed by atoms with Crippen molar-refractivity contribution in [2.45, 2.75) is 24.2 Å². The topological polar surface area (TPSA) is 60.9 Å². The van der Waals surface area contributed by atoms with Gasteiger partial charge < -0.3 is 4.90 Å². The molecule has 0 saturated carbocycles. The number of carbonyl (C=O) groups excluding carboxylic acids is 1. The number of hydrogen-bond acceptors (Lipinski definition) is 5. The summed E-state index contributed by atoms with van der Waals surface area (Å²) in [6.45, 7) is 5.34. The lowest BCUT2D eigenvalue weighted by molar-refractivity contribution is 0.0638. The molecule has 1 aromatic carbocycles. The summed E-state index contributed by atoms with van der Waals surface area (Å²) < 4.78 is 26.8. The first-order chi connectivity index (χ1) is 14.0. The summed E-state index contributed by atoms with van der Waals surface area (Å²) in [6, 6.07) is 10.7. The number of benzene rings is 1. The van der Waals surface area contributed by atoms with Gasteiger partial charge in [-0.3, -0.25) is 9.69 Å². The first-order valence-electron chi connectivity index (χ1n) is 10.2. The van der Waals surface area contributed by atoms with Gasteiger partial charge in [0.1, 0.15) is 0 Å². The Morgan fingerprint density at radius 3 is 2.24 bits per heavy atom. The average molecular weight is 434 g/mol. The fourth-order valence-electron chi connectivity index (χ4n) is 3.93. The van der Waals surface area contributed by atoms with Crippen LogP contribution in [0.15, 0.2) is 46.7 Å². The molecule has 6 nitrogen and oxygen atoms in total. The highest BCUT2D eigenvalue weighted by molar-refractivity contribution is 7.89. The predicted molar refractivity (Wildman–Crippen MR) is 115 cm³/mol. The van der Waals surface area contributed by atoms with E-state index < -0.39 is 10.0 Å². The van der Waals surface area contributed by atoms with Crippen LogP contribution in [0, 0.1) is 0 Å². The summed E-state index contributed by atoms with van der Waals surface area (Å²) in [4.78, 5) is 18.8. The minimum atomic E-state index is -3.44. The van der Waals surface area contributed by atoms with Crippen molar-refractivity contribution in [3.8, 4) is 0 Å². The summed E-state index contributed by atoms with van der Waals surface area (Å²) in [5.41, 5.74) is 0.553. The van der Waals surface area contributed by atoms with Gasteiger partial charge in [-0.1, -0.05) is 6.07 Å². The van der Waals surface area contributed by atoms with Crippen LogP contribution in [0.3, 0.4) is 0 Å². The number of rotatable bonds is 6. The third kappa shape index (κ3) is 4.71. The largest absolute Gasteiger partial charge is 0.336 e. The zero-order valence-corrected chi connectivity index (χ0v) is 18.1. The number of piperazine rings is 1. The van der Waals surface area contributed by atoms with Crippen molar-refractivity contribution in [3.63, 3.8) is 0 Å². The molecule has 0 bridgehead atoms. The maximum absolute atomic E-state index is 12.8. The molecular weight excluding hydrogens is 406 g/mol. The highest BCUT2D eigenvalue weighted by Crippen LogP contribution is 2.21. The average Bonchev–Trinajstić information content (AvgIpc) is 3.47. The number of hydrogen-bond donors (Lipinski definition) is 0. The van der Waals surface area contributed by atoms with Crippen molar-refractivity contribution in [2.75, 3.05) is 45.8 Å². The summed E-state index contributed by atoms with van der Waals surface area (Å²) in [5.74, 6) is -0.0203. The van der Waals surface area contributed by atoms with Crippen LogP contribution in [-0.4, -0.2) is 74.2 Å². The van der Waals surface area contributed by atoms with E-state index in [0.29, 0.717) is 31.7 Å². The van der Waals surface area contributed by atoms with Crippen LogP contribution in [0.5, 0.6) is 0 Å². The zero-order valence-electron chi connectivity index (χ0n) is 16.5. The monoisotopic (exact) mass is 433 g/mol. The second-order valence-corrected chi connectivity index (χ2v) is 10.6. The van der Waals surface area contributed by atoms with E-state index in [1.165, 1.54) is 9.18 Å². The molecule has 3 heterocycles. The molecule has 0 N–H and O–H groups in total. The predicted octanol–water partition coefficient (Wildman–Crippen LogP) is 2.53.